The van der Waals surface area contributed by atoms with Crippen LogP contribution in [0, 0.1) is 0 Å². The first-order valence-electron chi connectivity index (χ1n) is 7.08. The number of anilines is 1. The molecule has 0 heterocycles. The fourth-order valence-electron chi connectivity index (χ4n) is 1.99. The predicted molar refractivity (Wildman–Crippen MR) is 93.6 cm³/mol. The summed E-state index contributed by atoms with van der Waals surface area (Å²) in [6, 6.07) is 9.15. The van der Waals surface area contributed by atoms with Crippen molar-refractivity contribution < 1.29 is 19.4 Å². The van der Waals surface area contributed by atoms with E-state index >= 15 is 0 Å². The summed E-state index contributed by atoms with van der Waals surface area (Å²) >= 11 is 11.8. The van der Waals surface area contributed by atoms with Gasteiger partial charge in [0.05, 0.1) is 27.4 Å². The van der Waals surface area contributed by atoms with Gasteiger partial charge in [0.15, 0.2) is 0 Å². The number of carbonyl (C=O) groups is 2. The van der Waals surface area contributed by atoms with Crippen LogP contribution in [0.15, 0.2) is 36.4 Å². The van der Waals surface area contributed by atoms with Gasteiger partial charge in [-0.25, -0.2) is 4.79 Å². The van der Waals surface area contributed by atoms with Crippen LogP contribution >= 0.6 is 23.2 Å². The Labute approximate surface area is 149 Å². The van der Waals surface area contributed by atoms with Crippen LogP contribution in [0.3, 0.4) is 0 Å². The summed E-state index contributed by atoms with van der Waals surface area (Å²) in [6.07, 6.45) is -0.0212. The highest BCUT2D eigenvalue weighted by Crippen LogP contribution is 2.30. The monoisotopic (exact) mass is 367 g/mol. The van der Waals surface area contributed by atoms with Gasteiger partial charge in [0.25, 0.3) is 5.91 Å². The van der Waals surface area contributed by atoms with E-state index in [0.717, 1.165) is 0 Å². The molecule has 0 aliphatic heterocycles. The topological polar surface area (TPSA) is 75.6 Å². The Bertz CT molecular complexity index is 790. The second kappa shape index (κ2) is 7.55. The maximum Gasteiger partial charge on any atom is 0.337 e. The molecule has 0 aliphatic rings. The Balaban J connectivity index is 2.27. The third kappa shape index (κ3) is 4.40. The van der Waals surface area contributed by atoms with E-state index in [-0.39, 0.29) is 27.4 Å². The number of halogens is 2. The zero-order valence-corrected chi connectivity index (χ0v) is 14.5. The molecule has 0 radical (unpaired) electrons. The smallest absolute Gasteiger partial charge is 0.337 e. The third-order valence-electron chi connectivity index (χ3n) is 3.00. The van der Waals surface area contributed by atoms with Gasteiger partial charge in [0.2, 0.25) is 0 Å². The van der Waals surface area contributed by atoms with Crippen LogP contribution in [0.2, 0.25) is 10.0 Å². The fourth-order valence-corrected chi connectivity index (χ4v) is 2.50. The normalized spacial score (nSPS) is 10.5. The zero-order valence-electron chi connectivity index (χ0n) is 13.0. The summed E-state index contributed by atoms with van der Waals surface area (Å²) in [5.74, 6) is -1.09. The van der Waals surface area contributed by atoms with Crippen LogP contribution in [-0.2, 0) is 0 Å². The maximum atomic E-state index is 12.4. The molecular formula is C17H15Cl2NO4. The highest BCUT2D eigenvalue weighted by molar-refractivity contribution is 6.38. The van der Waals surface area contributed by atoms with Crippen molar-refractivity contribution in [3.8, 4) is 5.75 Å². The van der Waals surface area contributed by atoms with Gasteiger partial charge in [0, 0.05) is 5.56 Å². The number of rotatable bonds is 5. The highest BCUT2D eigenvalue weighted by atomic mass is 35.5. The van der Waals surface area contributed by atoms with E-state index in [1.807, 2.05) is 13.8 Å². The molecule has 0 unspecified atom stereocenters. The van der Waals surface area contributed by atoms with Gasteiger partial charge >= 0.3 is 5.97 Å². The summed E-state index contributed by atoms with van der Waals surface area (Å²) in [6.45, 7) is 3.77. The van der Waals surface area contributed by atoms with Crippen LogP contribution in [0.4, 0.5) is 5.69 Å². The SMILES string of the molecule is CC(C)Oc1cccc(C(=O)Nc2cc(C(=O)O)c(Cl)cc2Cl)c1. The average Bonchev–Trinajstić information content (AvgIpc) is 2.49. The number of hydrogen-bond acceptors (Lipinski definition) is 3. The van der Waals surface area contributed by atoms with Gasteiger partial charge in [-0.1, -0.05) is 29.3 Å². The second-order valence-electron chi connectivity index (χ2n) is 5.27. The van der Waals surface area contributed by atoms with E-state index in [9.17, 15) is 9.59 Å². The minimum Gasteiger partial charge on any atom is -0.491 e. The van der Waals surface area contributed by atoms with Crippen molar-refractivity contribution in [3.05, 3.63) is 57.6 Å². The van der Waals surface area contributed by atoms with Crippen molar-refractivity contribution in [1.29, 1.82) is 0 Å². The minimum atomic E-state index is -1.21. The minimum absolute atomic E-state index is 0.00201. The van der Waals surface area contributed by atoms with Crippen molar-refractivity contribution in [1.82, 2.24) is 0 Å². The molecule has 2 aromatic rings. The predicted octanol–water partition coefficient (Wildman–Crippen LogP) is 4.73. The van der Waals surface area contributed by atoms with Gasteiger partial charge in [-0.3, -0.25) is 4.79 Å². The molecule has 5 nitrogen and oxygen atoms in total. The van der Waals surface area contributed by atoms with Crippen LogP contribution in [0.25, 0.3) is 0 Å². The van der Waals surface area contributed by atoms with E-state index in [0.29, 0.717) is 11.3 Å². The van der Waals surface area contributed by atoms with Gasteiger partial charge < -0.3 is 15.2 Å². The molecule has 2 rings (SSSR count). The molecule has 0 saturated heterocycles. The molecule has 24 heavy (non-hydrogen) atoms. The Morgan fingerprint density at radius 3 is 2.46 bits per heavy atom. The third-order valence-corrected chi connectivity index (χ3v) is 3.63. The summed E-state index contributed by atoms with van der Waals surface area (Å²) in [5.41, 5.74) is 0.378. The zero-order chi connectivity index (χ0) is 17.9. The average molecular weight is 368 g/mol. The van der Waals surface area contributed by atoms with Crippen molar-refractivity contribution in [2.45, 2.75) is 20.0 Å². The molecule has 2 N–H and O–H groups in total. The molecule has 1 amide bonds. The van der Waals surface area contributed by atoms with E-state index in [2.05, 4.69) is 5.32 Å². The van der Waals surface area contributed by atoms with E-state index in [1.165, 1.54) is 12.1 Å². The van der Waals surface area contributed by atoms with Gasteiger partial charge in [-0.15, -0.1) is 0 Å². The molecule has 0 bridgehead atoms. The first-order chi connectivity index (χ1) is 11.3. The quantitative estimate of drug-likeness (QED) is 0.800. The van der Waals surface area contributed by atoms with Gasteiger partial charge in [-0.2, -0.15) is 0 Å². The second-order valence-corrected chi connectivity index (χ2v) is 6.08. The lowest BCUT2D eigenvalue weighted by Gasteiger charge is -2.12. The molecule has 0 atom stereocenters. The van der Waals surface area contributed by atoms with Crippen LogP contribution < -0.4 is 10.1 Å². The van der Waals surface area contributed by atoms with Crippen molar-refractivity contribution in [2.24, 2.45) is 0 Å². The Morgan fingerprint density at radius 1 is 1.12 bits per heavy atom. The van der Waals surface area contributed by atoms with Gasteiger partial charge in [0.1, 0.15) is 5.75 Å². The summed E-state index contributed by atoms with van der Waals surface area (Å²) in [7, 11) is 0. The number of carboxylic acids is 1. The number of hydrogen-bond donors (Lipinski definition) is 2. The molecule has 2 aromatic carbocycles. The summed E-state index contributed by atoms with van der Waals surface area (Å²) < 4.78 is 5.54. The maximum absolute atomic E-state index is 12.4. The number of carboxylic acid groups (broad SMARTS) is 1. The standard InChI is InChI=1S/C17H15Cl2NO4/c1-9(2)24-11-5-3-4-10(6-11)16(21)20-15-7-12(17(22)23)13(18)8-14(15)19/h3-9H,1-2H3,(H,20,21)(H,22,23). The fraction of sp³-hybridized carbons (Fsp3) is 0.176. The summed E-state index contributed by atoms with van der Waals surface area (Å²) in [4.78, 5) is 23.5. The van der Waals surface area contributed by atoms with Crippen LogP contribution in [0.1, 0.15) is 34.6 Å². The molecule has 0 aromatic heterocycles. The Kier molecular flexibility index (Phi) is 5.70. The van der Waals surface area contributed by atoms with Crippen LogP contribution in [0.5, 0.6) is 5.75 Å². The van der Waals surface area contributed by atoms with Crippen molar-refractivity contribution >= 4 is 40.8 Å². The summed E-state index contributed by atoms with van der Waals surface area (Å²) in [5, 5.41) is 11.8. The number of carbonyl (C=O) groups excluding carboxylic acids is 1. The molecule has 0 spiro atoms. The lowest BCUT2D eigenvalue weighted by Crippen LogP contribution is -2.14. The lowest BCUT2D eigenvalue weighted by atomic mass is 10.1. The first-order valence-corrected chi connectivity index (χ1v) is 7.84. The number of benzene rings is 2. The Hall–Kier alpha value is -2.24. The molecule has 0 aliphatic carbocycles. The number of amides is 1. The Morgan fingerprint density at radius 2 is 1.83 bits per heavy atom. The molecule has 7 heteroatoms. The molecular weight excluding hydrogens is 353 g/mol. The van der Waals surface area contributed by atoms with E-state index in [1.54, 1.807) is 24.3 Å². The number of nitrogens with one attached hydrogen (secondary N) is 1. The number of aromatic carboxylic acids is 1. The van der Waals surface area contributed by atoms with Gasteiger partial charge in [-0.05, 0) is 44.2 Å². The van der Waals surface area contributed by atoms with Crippen molar-refractivity contribution in [3.63, 3.8) is 0 Å². The van der Waals surface area contributed by atoms with E-state index in [4.69, 9.17) is 33.0 Å². The molecule has 0 saturated carbocycles. The lowest BCUT2D eigenvalue weighted by molar-refractivity contribution is 0.0696. The number of ether oxygens (including phenoxy) is 1. The largest absolute Gasteiger partial charge is 0.491 e. The van der Waals surface area contributed by atoms with E-state index < -0.39 is 11.9 Å². The first kappa shape index (κ1) is 18.1. The molecule has 126 valence electrons. The van der Waals surface area contributed by atoms with Crippen molar-refractivity contribution in [2.75, 3.05) is 5.32 Å². The van der Waals surface area contributed by atoms with Crippen LogP contribution in [-0.4, -0.2) is 23.1 Å². The highest BCUT2D eigenvalue weighted by Gasteiger charge is 2.15. The molecule has 0 fully saturated rings.